The highest BCUT2D eigenvalue weighted by molar-refractivity contribution is 5.80. The van der Waals surface area contributed by atoms with E-state index in [1.165, 1.54) is 0 Å². The number of guanidine groups is 1. The molecular formula is C9H20N4O. The van der Waals surface area contributed by atoms with E-state index in [-0.39, 0.29) is 18.4 Å². The van der Waals surface area contributed by atoms with E-state index in [9.17, 15) is 4.79 Å². The van der Waals surface area contributed by atoms with Crippen molar-refractivity contribution in [2.24, 2.45) is 22.4 Å². The van der Waals surface area contributed by atoms with Crippen LogP contribution in [0.25, 0.3) is 0 Å². The lowest BCUT2D eigenvalue weighted by atomic mass is 10.2. The van der Waals surface area contributed by atoms with Gasteiger partial charge in [-0.25, -0.2) is 0 Å². The number of carbonyl (C=O) groups excluding carboxylic acids is 1. The lowest BCUT2D eigenvalue weighted by Crippen LogP contribution is -2.40. The molecule has 0 aliphatic heterocycles. The highest BCUT2D eigenvalue weighted by Gasteiger charge is 2.05. The fourth-order valence-electron chi connectivity index (χ4n) is 0.932. The Hall–Kier alpha value is -1.26. The van der Waals surface area contributed by atoms with Crippen molar-refractivity contribution in [3.05, 3.63) is 0 Å². The molecule has 14 heavy (non-hydrogen) atoms. The second kappa shape index (κ2) is 6.23. The van der Waals surface area contributed by atoms with Gasteiger partial charge in [0.15, 0.2) is 5.96 Å². The normalized spacial score (nSPS) is 14.1. The Labute approximate surface area is 84.9 Å². The van der Waals surface area contributed by atoms with Crippen LogP contribution in [-0.2, 0) is 4.79 Å². The maximum atomic E-state index is 10.6. The molecule has 0 saturated carbocycles. The summed E-state index contributed by atoms with van der Waals surface area (Å²) < 4.78 is 0. The van der Waals surface area contributed by atoms with Crippen LogP contribution >= 0.6 is 0 Å². The monoisotopic (exact) mass is 200 g/mol. The quantitative estimate of drug-likeness (QED) is 0.424. The molecule has 1 atom stereocenters. The van der Waals surface area contributed by atoms with Crippen LogP contribution in [0.2, 0.25) is 0 Å². The van der Waals surface area contributed by atoms with Crippen molar-refractivity contribution in [2.75, 3.05) is 6.54 Å². The Kier molecular flexibility index (Phi) is 5.67. The predicted octanol–water partition coefficient (Wildman–Crippen LogP) is -0.189. The van der Waals surface area contributed by atoms with E-state index in [0.29, 0.717) is 18.4 Å². The molecule has 0 bridgehead atoms. The molecular weight excluding hydrogens is 180 g/mol. The van der Waals surface area contributed by atoms with E-state index < -0.39 is 0 Å². The molecule has 5 heteroatoms. The minimum Gasteiger partial charge on any atom is -0.370 e. The van der Waals surface area contributed by atoms with Crippen molar-refractivity contribution in [1.29, 1.82) is 0 Å². The highest BCUT2D eigenvalue weighted by Crippen LogP contribution is 1.92. The fraction of sp³-hybridized carbons (Fsp3) is 0.778. The van der Waals surface area contributed by atoms with Crippen molar-refractivity contribution in [3.63, 3.8) is 0 Å². The van der Waals surface area contributed by atoms with E-state index >= 15 is 0 Å². The van der Waals surface area contributed by atoms with E-state index in [4.69, 9.17) is 11.5 Å². The Morgan fingerprint density at radius 3 is 2.36 bits per heavy atom. The lowest BCUT2D eigenvalue weighted by Gasteiger charge is -2.12. The number of nitrogens with zero attached hydrogens (tertiary/aromatic N) is 1. The van der Waals surface area contributed by atoms with Gasteiger partial charge in [0.2, 0.25) is 5.91 Å². The third-order valence-corrected chi connectivity index (χ3v) is 1.53. The maximum absolute atomic E-state index is 10.6. The smallest absolute Gasteiger partial charge is 0.219 e. The van der Waals surface area contributed by atoms with Gasteiger partial charge in [0, 0.05) is 19.0 Å². The number of primary amides is 1. The van der Waals surface area contributed by atoms with Gasteiger partial charge in [-0.05, 0) is 12.8 Å². The zero-order valence-electron chi connectivity index (χ0n) is 9.08. The minimum absolute atomic E-state index is 0.0663. The molecule has 0 radical (unpaired) electrons. The Bertz CT molecular complexity index is 213. The van der Waals surface area contributed by atoms with Gasteiger partial charge in [-0.1, -0.05) is 13.8 Å². The standard InChI is InChI=1S/C9H20N4O/c1-6(2)5-12-9(11)13-7(3)4-8(10)14/h6-7H,4-5H2,1-3H3,(H2,10,14)(H3,11,12,13). The number of aliphatic imine (C=N–C) groups is 1. The van der Waals surface area contributed by atoms with Gasteiger partial charge >= 0.3 is 0 Å². The first-order valence-electron chi connectivity index (χ1n) is 4.76. The van der Waals surface area contributed by atoms with Gasteiger partial charge in [-0.2, -0.15) is 0 Å². The van der Waals surface area contributed by atoms with Gasteiger partial charge in [-0.15, -0.1) is 0 Å². The van der Waals surface area contributed by atoms with E-state index in [2.05, 4.69) is 24.2 Å². The van der Waals surface area contributed by atoms with Gasteiger partial charge in [0.05, 0.1) is 0 Å². The summed E-state index contributed by atoms with van der Waals surface area (Å²) in [5, 5.41) is 2.89. The summed E-state index contributed by atoms with van der Waals surface area (Å²) in [6.45, 7) is 6.64. The number of nitrogens with two attached hydrogens (primary N) is 2. The lowest BCUT2D eigenvalue weighted by molar-refractivity contribution is -0.118. The maximum Gasteiger partial charge on any atom is 0.219 e. The van der Waals surface area contributed by atoms with E-state index in [0.717, 1.165) is 0 Å². The van der Waals surface area contributed by atoms with Crippen LogP contribution in [0.5, 0.6) is 0 Å². The van der Waals surface area contributed by atoms with E-state index in [1.807, 2.05) is 6.92 Å². The molecule has 82 valence electrons. The summed E-state index contributed by atoms with van der Waals surface area (Å²) in [6.07, 6.45) is 0.262. The summed E-state index contributed by atoms with van der Waals surface area (Å²) in [6, 6.07) is -0.0663. The summed E-state index contributed by atoms with van der Waals surface area (Å²) in [5.41, 5.74) is 10.6. The second-order valence-electron chi connectivity index (χ2n) is 3.84. The molecule has 0 aromatic heterocycles. The van der Waals surface area contributed by atoms with Crippen molar-refractivity contribution in [3.8, 4) is 0 Å². The van der Waals surface area contributed by atoms with Crippen LogP contribution in [0.1, 0.15) is 27.2 Å². The third-order valence-electron chi connectivity index (χ3n) is 1.53. The molecule has 5 N–H and O–H groups in total. The SMILES string of the molecule is CC(C)CN=C(N)NC(C)CC(N)=O. The van der Waals surface area contributed by atoms with Crippen LogP contribution in [0, 0.1) is 5.92 Å². The molecule has 0 spiro atoms. The van der Waals surface area contributed by atoms with Crippen molar-refractivity contribution < 1.29 is 4.79 Å². The molecule has 0 rings (SSSR count). The van der Waals surface area contributed by atoms with Gasteiger partial charge in [-0.3, -0.25) is 9.79 Å². The summed E-state index contributed by atoms with van der Waals surface area (Å²) in [4.78, 5) is 14.7. The first-order chi connectivity index (χ1) is 6.41. The van der Waals surface area contributed by atoms with Crippen LogP contribution in [0.15, 0.2) is 4.99 Å². The molecule has 0 aliphatic carbocycles. The summed E-state index contributed by atoms with van der Waals surface area (Å²) in [7, 11) is 0. The topological polar surface area (TPSA) is 93.5 Å². The second-order valence-corrected chi connectivity index (χ2v) is 3.84. The number of amides is 1. The highest BCUT2D eigenvalue weighted by atomic mass is 16.1. The van der Waals surface area contributed by atoms with Crippen molar-refractivity contribution in [2.45, 2.75) is 33.2 Å². The third kappa shape index (κ3) is 7.39. The first kappa shape index (κ1) is 12.7. The summed E-state index contributed by atoms with van der Waals surface area (Å²) in [5.74, 6) is 0.496. The van der Waals surface area contributed by atoms with Gasteiger partial charge in [0.1, 0.15) is 0 Å². The van der Waals surface area contributed by atoms with Crippen LogP contribution in [0.4, 0.5) is 0 Å². The first-order valence-corrected chi connectivity index (χ1v) is 4.76. The molecule has 0 saturated heterocycles. The molecule has 0 fully saturated rings. The Balaban J connectivity index is 3.86. The minimum atomic E-state index is -0.346. The molecule has 1 unspecified atom stereocenters. The molecule has 1 amide bonds. The van der Waals surface area contributed by atoms with Crippen LogP contribution < -0.4 is 16.8 Å². The average Bonchev–Trinajstić information content (AvgIpc) is 1.98. The molecule has 5 nitrogen and oxygen atoms in total. The fourth-order valence-corrected chi connectivity index (χ4v) is 0.932. The molecule has 0 aliphatic rings. The van der Waals surface area contributed by atoms with Crippen molar-refractivity contribution in [1.82, 2.24) is 5.32 Å². The van der Waals surface area contributed by atoms with Crippen LogP contribution in [0.3, 0.4) is 0 Å². The number of carbonyl (C=O) groups is 1. The zero-order chi connectivity index (χ0) is 11.1. The van der Waals surface area contributed by atoms with Gasteiger partial charge in [0.25, 0.3) is 0 Å². The van der Waals surface area contributed by atoms with Crippen LogP contribution in [-0.4, -0.2) is 24.5 Å². The zero-order valence-corrected chi connectivity index (χ0v) is 9.08. The molecule has 0 aromatic rings. The Morgan fingerprint density at radius 1 is 1.36 bits per heavy atom. The Morgan fingerprint density at radius 2 is 1.93 bits per heavy atom. The van der Waals surface area contributed by atoms with Gasteiger partial charge < -0.3 is 16.8 Å². The largest absolute Gasteiger partial charge is 0.370 e. The number of rotatable bonds is 5. The average molecular weight is 200 g/mol. The number of hydrogen-bond acceptors (Lipinski definition) is 2. The van der Waals surface area contributed by atoms with E-state index in [1.54, 1.807) is 0 Å². The number of nitrogens with one attached hydrogen (secondary N) is 1. The van der Waals surface area contributed by atoms with Crippen molar-refractivity contribution >= 4 is 11.9 Å². The predicted molar refractivity (Wildman–Crippen MR) is 57.7 cm³/mol. The molecule has 0 heterocycles. The molecule has 0 aromatic carbocycles. The summed E-state index contributed by atoms with van der Waals surface area (Å²) >= 11 is 0. The number of hydrogen-bond donors (Lipinski definition) is 3.